The minimum Gasteiger partial charge on any atom is -0.334 e. The highest BCUT2D eigenvalue weighted by molar-refractivity contribution is 7.00. The lowest BCUT2D eigenvalue weighted by Gasteiger charge is -2.51. The van der Waals surface area contributed by atoms with Crippen molar-refractivity contribution in [3.05, 3.63) is 228 Å². The van der Waals surface area contributed by atoms with Crippen LogP contribution in [0.15, 0.2) is 194 Å². The molecule has 3 heterocycles. The molecule has 14 rings (SSSR count). The topological polar surface area (TPSA) is 13.0 Å². The van der Waals surface area contributed by atoms with Crippen LogP contribution in [0.1, 0.15) is 176 Å². The zero-order chi connectivity index (χ0) is 61.0. The molecule has 0 N–H and O–H groups in total. The highest BCUT2D eigenvalue weighted by Gasteiger charge is 2.58. The van der Waals surface area contributed by atoms with E-state index in [1.165, 1.54) is 136 Å². The van der Waals surface area contributed by atoms with E-state index in [4.69, 9.17) is 0 Å². The number of para-hydroxylation sites is 2. The fourth-order valence-electron chi connectivity index (χ4n) is 16.2. The van der Waals surface area contributed by atoms with Gasteiger partial charge in [-0.15, -0.1) is 0 Å². The third-order valence-electron chi connectivity index (χ3n) is 21.7. The summed E-state index contributed by atoms with van der Waals surface area (Å²) in [6.45, 7) is 36.1. The highest BCUT2D eigenvalue weighted by Crippen LogP contribution is 2.63. The largest absolute Gasteiger partial charge is 0.334 e. The normalized spacial score (nSPS) is 19.8. The van der Waals surface area contributed by atoms with E-state index in [1.54, 1.807) is 0 Å². The van der Waals surface area contributed by atoms with Crippen molar-refractivity contribution in [1.82, 2.24) is 0 Å². The van der Waals surface area contributed by atoms with Crippen LogP contribution in [0.3, 0.4) is 0 Å². The van der Waals surface area contributed by atoms with E-state index in [1.807, 2.05) is 0 Å². The highest BCUT2D eigenvalue weighted by atomic mass is 15.3. The van der Waals surface area contributed by atoms with E-state index in [9.17, 15) is 0 Å². The molecular formula is C82H89BN4. The Hall–Kier alpha value is -7.76. The SMILES string of the molecule is CC(C)(C)c1ccc(N(c2ccc(C(C)(C)C)cc2)c2ccc3c(c2)C2(C)CCCCC2(C)N3c2cc3c4c(c2)N(c2ccc(C(C)(C)C)cc2-c2ccccc2)c2cc5c(cc2B4c2ccccc2N3c2ccccc2)C(C)(C)CCC5(C)C)cc1. The Labute approximate surface area is 521 Å². The molecule has 2 atom stereocenters. The lowest BCUT2D eigenvalue weighted by atomic mass is 9.33. The van der Waals surface area contributed by atoms with Gasteiger partial charge >= 0.3 is 0 Å². The molecule has 9 aromatic carbocycles. The van der Waals surface area contributed by atoms with E-state index >= 15 is 0 Å². The van der Waals surface area contributed by atoms with Crippen molar-refractivity contribution < 1.29 is 0 Å². The van der Waals surface area contributed by atoms with Crippen molar-refractivity contribution in [1.29, 1.82) is 0 Å². The quantitative estimate of drug-likeness (QED) is 0.147. The standard InChI is InChI=1S/C82H89BN4/c1-76(2,3)55-32-37-59(38-33-55)84(60-39-34-56(35-40-60)77(4,5)6)61-41-43-70-66(49-61)81(14)44-24-25-45-82(81,15)87(70)62-50-73-75-74(51-62)86(69-42-36-57(78(7,8)9)48-63(69)54-26-18-16-19-27-54)72-53-65-64(79(10,11)46-47-80(65,12)13)52-68(72)83(75)67-30-22-23-31-71(67)85(73)58-28-20-17-21-29-58/h16-23,26-43,48-53H,24-25,44-47H2,1-15H3. The van der Waals surface area contributed by atoms with Crippen molar-refractivity contribution in [2.45, 2.75) is 180 Å². The van der Waals surface area contributed by atoms with E-state index in [0.29, 0.717) is 0 Å². The average Bonchev–Trinajstić information content (AvgIpc) is 1.68. The van der Waals surface area contributed by atoms with E-state index in [-0.39, 0.29) is 44.7 Å². The summed E-state index contributed by atoms with van der Waals surface area (Å²) in [6.07, 6.45) is 6.85. The second-order valence-electron chi connectivity index (χ2n) is 31.2. The Morgan fingerprint density at radius 2 is 0.897 bits per heavy atom. The molecule has 5 heteroatoms. The van der Waals surface area contributed by atoms with Crippen molar-refractivity contribution in [2.24, 2.45) is 0 Å². The number of anilines is 11. The van der Waals surface area contributed by atoms with Crippen molar-refractivity contribution in [3.63, 3.8) is 0 Å². The molecule has 0 aromatic heterocycles. The molecule has 87 heavy (non-hydrogen) atoms. The fourth-order valence-corrected chi connectivity index (χ4v) is 16.2. The van der Waals surface area contributed by atoms with Gasteiger partial charge in [-0.25, -0.2) is 0 Å². The van der Waals surface area contributed by atoms with E-state index in [0.717, 1.165) is 25.7 Å². The summed E-state index contributed by atoms with van der Waals surface area (Å²) in [5.41, 5.74) is 28.0. The third-order valence-corrected chi connectivity index (χ3v) is 21.7. The van der Waals surface area contributed by atoms with Crippen LogP contribution in [-0.2, 0) is 32.5 Å². The third kappa shape index (κ3) is 9.05. The summed E-state index contributed by atoms with van der Waals surface area (Å²) in [5.74, 6) is 0. The predicted octanol–water partition coefficient (Wildman–Crippen LogP) is 20.9. The van der Waals surface area contributed by atoms with Gasteiger partial charge in [0.05, 0.1) is 11.2 Å². The molecule has 1 saturated carbocycles. The number of rotatable bonds is 7. The number of nitrogens with zero attached hydrogens (tertiary/aromatic N) is 4. The average molecular weight is 1140 g/mol. The van der Waals surface area contributed by atoms with Gasteiger partial charge in [0.2, 0.25) is 0 Å². The lowest BCUT2D eigenvalue weighted by Crippen LogP contribution is -2.62. The molecule has 440 valence electrons. The molecule has 0 spiro atoms. The van der Waals surface area contributed by atoms with E-state index < -0.39 is 0 Å². The summed E-state index contributed by atoms with van der Waals surface area (Å²) < 4.78 is 0. The first-order valence-corrected chi connectivity index (χ1v) is 32.5. The molecule has 3 aliphatic heterocycles. The van der Waals surface area contributed by atoms with Gasteiger partial charge in [0.25, 0.3) is 6.71 Å². The van der Waals surface area contributed by atoms with Crippen molar-refractivity contribution >= 4 is 85.7 Å². The van der Waals surface area contributed by atoms with Crippen LogP contribution in [0.4, 0.5) is 62.6 Å². The Balaban J connectivity index is 1.06. The van der Waals surface area contributed by atoms with Gasteiger partial charge in [-0.05, 0) is 206 Å². The smallest absolute Gasteiger partial charge is 0.252 e. The van der Waals surface area contributed by atoms with Crippen LogP contribution in [0.2, 0.25) is 0 Å². The first-order chi connectivity index (χ1) is 41.3. The molecular weight excluding hydrogens is 1050 g/mol. The fraction of sp³-hybridized carbons (Fsp3) is 0.341. The predicted molar refractivity (Wildman–Crippen MR) is 375 cm³/mol. The maximum atomic E-state index is 2.84. The summed E-state index contributed by atoms with van der Waals surface area (Å²) in [5, 5.41) is 0. The van der Waals surface area contributed by atoms with Crippen molar-refractivity contribution in [2.75, 3.05) is 19.6 Å². The number of fused-ring (bicyclic) bond motifs is 8. The Morgan fingerprint density at radius 3 is 1.51 bits per heavy atom. The van der Waals surface area contributed by atoms with Crippen molar-refractivity contribution in [3.8, 4) is 11.1 Å². The minimum atomic E-state index is -0.250. The van der Waals surface area contributed by atoms with Crippen LogP contribution in [0.25, 0.3) is 11.1 Å². The van der Waals surface area contributed by atoms with Gasteiger partial charge in [0.1, 0.15) is 0 Å². The second kappa shape index (κ2) is 19.9. The molecule has 2 unspecified atom stereocenters. The van der Waals surface area contributed by atoms with Gasteiger partial charge in [-0.3, -0.25) is 0 Å². The summed E-state index contributed by atoms with van der Waals surface area (Å²) in [7, 11) is 0. The first-order valence-electron chi connectivity index (χ1n) is 32.5. The molecule has 0 radical (unpaired) electrons. The summed E-state index contributed by atoms with van der Waals surface area (Å²) >= 11 is 0. The molecule has 0 amide bonds. The van der Waals surface area contributed by atoms with Crippen LogP contribution >= 0.6 is 0 Å². The molecule has 2 aliphatic carbocycles. The lowest BCUT2D eigenvalue weighted by molar-refractivity contribution is 0.195. The number of hydrogen-bond acceptors (Lipinski definition) is 4. The molecule has 5 aliphatic rings. The monoisotopic (exact) mass is 1140 g/mol. The van der Waals surface area contributed by atoms with Crippen LogP contribution in [0.5, 0.6) is 0 Å². The Morgan fingerprint density at radius 1 is 0.379 bits per heavy atom. The van der Waals surface area contributed by atoms with Gasteiger partial charge in [0.15, 0.2) is 0 Å². The molecule has 4 nitrogen and oxygen atoms in total. The van der Waals surface area contributed by atoms with Gasteiger partial charge in [-0.2, -0.15) is 0 Å². The molecule has 0 saturated heterocycles. The van der Waals surface area contributed by atoms with Crippen LogP contribution < -0.4 is 36.0 Å². The van der Waals surface area contributed by atoms with Gasteiger partial charge in [-0.1, -0.05) is 213 Å². The van der Waals surface area contributed by atoms with Gasteiger partial charge in [0, 0.05) is 67.9 Å². The Kier molecular flexibility index (Phi) is 13.0. The molecule has 9 aromatic rings. The summed E-state index contributed by atoms with van der Waals surface area (Å²) in [6, 6.07) is 76.1. The number of benzene rings is 9. The van der Waals surface area contributed by atoms with Gasteiger partial charge < -0.3 is 19.6 Å². The van der Waals surface area contributed by atoms with E-state index in [2.05, 4.69) is 318 Å². The number of hydrogen-bond donors (Lipinski definition) is 0. The first kappa shape index (κ1) is 57.0. The zero-order valence-corrected chi connectivity index (χ0v) is 54.6. The van der Waals surface area contributed by atoms with Crippen LogP contribution in [0, 0.1) is 0 Å². The summed E-state index contributed by atoms with van der Waals surface area (Å²) in [4.78, 5) is 10.7. The second-order valence-corrected chi connectivity index (χ2v) is 31.2. The minimum absolute atomic E-state index is 0.00868. The molecule has 0 bridgehead atoms. The van der Waals surface area contributed by atoms with Crippen LogP contribution in [-0.4, -0.2) is 12.3 Å². The maximum absolute atomic E-state index is 2.84. The Bertz CT molecular complexity index is 4100. The molecule has 1 fully saturated rings. The maximum Gasteiger partial charge on any atom is 0.252 e. The zero-order valence-electron chi connectivity index (χ0n) is 54.6.